The molecule has 1 aliphatic heterocycles. The second-order valence-corrected chi connectivity index (χ2v) is 9.47. The molecule has 1 atom stereocenters. The number of benzene rings is 1. The average Bonchev–Trinajstić information content (AvgIpc) is 3.10. The Hall–Kier alpha value is -2.00. The van der Waals surface area contributed by atoms with Crippen LogP contribution in [-0.2, 0) is 21.2 Å². The van der Waals surface area contributed by atoms with Crippen LogP contribution >= 0.6 is 11.3 Å². The highest BCUT2D eigenvalue weighted by Gasteiger charge is 2.38. The SMILES string of the molecule is CC(C)CC(=O)Nc1nnc(S(=O)(=O)N2c3ccccc3C[C@H]2C)s1. The van der Waals surface area contributed by atoms with Gasteiger partial charge in [-0.25, -0.2) is 0 Å². The van der Waals surface area contributed by atoms with E-state index in [9.17, 15) is 13.2 Å². The Morgan fingerprint density at radius 2 is 2.08 bits per heavy atom. The maximum atomic E-state index is 13.0. The standard InChI is InChI=1S/C16H20N4O3S2/c1-10(2)8-14(21)17-15-18-19-16(24-15)25(22,23)20-11(3)9-12-6-4-5-7-13(12)20/h4-7,10-11H,8-9H2,1-3H3,(H,17,18,21)/t11-/m1/s1. The Morgan fingerprint density at radius 3 is 2.80 bits per heavy atom. The molecule has 25 heavy (non-hydrogen) atoms. The van der Waals surface area contributed by atoms with Crippen LogP contribution in [0.2, 0.25) is 0 Å². The predicted molar refractivity (Wildman–Crippen MR) is 97.3 cm³/mol. The molecule has 0 spiro atoms. The zero-order valence-electron chi connectivity index (χ0n) is 14.3. The highest BCUT2D eigenvalue weighted by molar-refractivity contribution is 7.94. The molecule has 0 saturated carbocycles. The Kier molecular flexibility index (Phi) is 4.79. The fourth-order valence-electron chi connectivity index (χ4n) is 2.89. The second kappa shape index (κ2) is 6.72. The van der Waals surface area contributed by atoms with E-state index < -0.39 is 10.0 Å². The summed E-state index contributed by atoms with van der Waals surface area (Å²) in [6, 6.07) is 7.25. The van der Waals surface area contributed by atoms with Crippen molar-refractivity contribution in [1.82, 2.24) is 10.2 Å². The van der Waals surface area contributed by atoms with Crippen molar-refractivity contribution in [3.8, 4) is 0 Å². The Morgan fingerprint density at radius 1 is 1.36 bits per heavy atom. The smallest absolute Gasteiger partial charge is 0.293 e. The molecule has 2 heterocycles. The lowest BCUT2D eigenvalue weighted by molar-refractivity contribution is -0.116. The van der Waals surface area contributed by atoms with Crippen LogP contribution in [0.25, 0.3) is 0 Å². The summed E-state index contributed by atoms with van der Waals surface area (Å²) in [5.74, 6) is 0.00746. The molecule has 0 saturated heterocycles. The highest BCUT2D eigenvalue weighted by Crippen LogP contribution is 2.37. The van der Waals surface area contributed by atoms with Crippen molar-refractivity contribution >= 4 is 38.1 Å². The molecule has 2 aromatic rings. The first-order valence-electron chi connectivity index (χ1n) is 8.04. The van der Waals surface area contributed by atoms with Gasteiger partial charge in [-0.1, -0.05) is 43.4 Å². The van der Waals surface area contributed by atoms with Crippen LogP contribution in [0.15, 0.2) is 28.6 Å². The van der Waals surface area contributed by atoms with E-state index in [0.717, 1.165) is 16.9 Å². The molecule has 9 heteroatoms. The minimum Gasteiger partial charge on any atom is -0.300 e. The molecule has 0 radical (unpaired) electrons. The van der Waals surface area contributed by atoms with Crippen molar-refractivity contribution in [1.29, 1.82) is 0 Å². The first-order valence-corrected chi connectivity index (χ1v) is 10.3. The Bertz CT molecular complexity index is 892. The van der Waals surface area contributed by atoms with Gasteiger partial charge in [0.2, 0.25) is 11.0 Å². The van der Waals surface area contributed by atoms with Crippen molar-refractivity contribution in [3.63, 3.8) is 0 Å². The summed E-state index contributed by atoms with van der Waals surface area (Å²) in [4.78, 5) is 11.8. The molecule has 0 fully saturated rings. The number of nitrogens with one attached hydrogen (secondary N) is 1. The maximum absolute atomic E-state index is 13.0. The quantitative estimate of drug-likeness (QED) is 0.805. The van der Waals surface area contributed by atoms with Gasteiger partial charge < -0.3 is 5.32 Å². The number of para-hydroxylation sites is 1. The summed E-state index contributed by atoms with van der Waals surface area (Å²) >= 11 is 0.875. The van der Waals surface area contributed by atoms with Crippen LogP contribution in [0.4, 0.5) is 10.8 Å². The number of nitrogens with zero attached hydrogens (tertiary/aromatic N) is 3. The molecule has 1 aromatic heterocycles. The van der Waals surface area contributed by atoms with Gasteiger partial charge in [0.15, 0.2) is 0 Å². The summed E-state index contributed by atoms with van der Waals surface area (Å²) in [5, 5.41) is 10.4. The van der Waals surface area contributed by atoms with Gasteiger partial charge in [0, 0.05) is 12.5 Å². The monoisotopic (exact) mass is 380 g/mol. The number of fused-ring (bicyclic) bond motifs is 1. The summed E-state index contributed by atoms with van der Waals surface area (Å²) in [5.41, 5.74) is 1.67. The van der Waals surface area contributed by atoms with E-state index in [2.05, 4.69) is 15.5 Å². The lowest BCUT2D eigenvalue weighted by atomic mass is 10.1. The summed E-state index contributed by atoms with van der Waals surface area (Å²) in [6.45, 7) is 5.73. The Labute approximate surface area is 151 Å². The van der Waals surface area contributed by atoms with Crippen LogP contribution < -0.4 is 9.62 Å². The largest absolute Gasteiger partial charge is 0.300 e. The number of amides is 1. The maximum Gasteiger partial charge on any atom is 0.293 e. The van der Waals surface area contributed by atoms with E-state index in [4.69, 9.17) is 0 Å². The third kappa shape index (κ3) is 3.52. The number of hydrogen-bond acceptors (Lipinski definition) is 6. The predicted octanol–water partition coefficient (Wildman–Crippen LogP) is 2.66. The lowest BCUT2D eigenvalue weighted by Crippen LogP contribution is -2.35. The van der Waals surface area contributed by atoms with E-state index >= 15 is 0 Å². The molecule has 3 rings (SSSR count). The molecule has 0 bridgehead atoms. The number of carbonyl (C=O) groups is 1. The normalized spacial score (nSPS) is 17.0. The molecule has 1 aromatic carbocycles. The fraction of sp³-hybridized carbons (Fsp3) is 0.438. The zero-order chi connectivity index (χ0) is 18.2. The number of sulfonamides is 1. The summed E-state index contributed by atoms with van der Waals surface area (Å²) in [7, 11) is -3.81. The number of anilines is 2. The minimum absolute atomic E-state index is 0.115. The number of hydrogen-bond donors (Lipinski definition) is 1. The molecule has 1 N–H and O–H groups in total. The Balaban J connectivity index is 1.86. The van der Waals surface area contributed by atoms with Crippen molar-refractivity contribution < 1.29 is 13.2 Å². The van der Waals surface area contributed by atoms with Crippen molar-refractivity contribution in [2.75, 3.05) is 9.62 Å². The third-order valence-electron chi connectivity index (χ3n) is 3.87. The van der Waals surface area contributed by atoms with Crippen LogP contribution in [0.3, 0.4) is 0 Å². The first-order chi connectivity index (χ1) is 11.8. The van der Waals surface area contributed by atoms with Gasteiger partial charge >= 0.3 is 0 Å². The van der Waals surface area contributed by atoms with Gasteiger partial charge in [0.05, 0.1) is 5.69 Å². The highest BCUT2D eigenvalue weighted by atomic mass is 32.2. The van der Waals surface area contributed by atoms with Crippen LogP contribution in [0, 0.1) is 5.92 Å². The topological polar surface area (TPSA) is 92.3 Å². The van der Waals surface area contributed by atoms with Crippen LogP contribution in [0.5, 0.6) is 0 Å². The molecule has 7 nitrogen and oxygen atoms in total. The molecule has 134 valence electrons. The molecular formula is C16H20N4O3S2. The van der Waals surface area contributed by atoms with Gasteiger partial charge in [-0.3, -0.25) is 9.10 Å². The van der Waals surface area contributed by atoms with Gasteiger partial charge in [-0.05, 0) is 30.9 Å². The molecular weight excluding hydrogens is 360 g/mol. The number of rotatable bonds is 5. The first kappa shape index (κ1) is 17.8. The van der Waals surface area contributed by atoms with Crippen molar-refractivity contribution in [2.45, 2.75) is 44.0 Å². The van der Waals surface area contributed by atoms with E-state index in [1.165, 1.54) is 4.31 Å². The van der Waals surface area contributed by atoms with Crippen LogP contribution in [-0.4, -0.2) is 30.6 Å². The molecule has 0 aliphatic carbocycles. The number of aromatic nitrogens is 2. The zero-order valence-corrected chi connectivity index (χ0v) is 15.9. The van der Waals surface area contributed by atoms with Gasteiger partial charge in [0.25, 0.3) is 14.4 Å². The summed E-state index contributed by atoms with van der Waals surface area (Å²) in [6.07, 6.45) is 1.00. The molecule has 1 amide bonds. The van der Waals surface area contributed by atoms with E-state index in [1.807, 2.05) is 39.0 Å². The van der Waals surface area contributed by atoms with Crippen molar-refractivity contribution in [3.05, 3.63) is 29.8 Å². The van der Waals surface area contributed by atoms with Crippen LogP contribution in [0.1, 0.15) is 32.8 Å². The average molecular weight is 380 g/mol. The lowest BCUT2D eigenvalue weighted by Gasteiger charge is -2.22. The third-order valence-corrected chi connectivity index (χ3v) is 6.98. The fourth-order valence-corrected chi connectivity index (χ4v) is 5.58. The van der Waals surface area contributed by atoms with E-state index in [-0.39, 0.29) is 27.3 Å². The second-order valence-electron chi connectivity index (χ2n) is 6.50. The summed E-state index contributed by atoms with van der Waals surface area (Å²) < 4.78 is 27.3. The van der Waals surface area contributed by atoms with Gasteiger partial charge in [-0.2, -0.15) is 8.42 Å². The number of carbonyl (C=O) groups excluding carboxylic acids is 1. The molecule has 1 aliphatic rings. The van der Waals surface area contributed by atoms with Crippen molar-refractivity contribution in [2.24, 2.45) is 5.92 Å². The van der Waals surface area contributed by atoms with E-state index in [1.54, 1.807) is 6.07 Å². The van der Waals surface area contributed by atoms with Gasteiger partial charge in [0.1, 0.15) is 0 Å². The molecule has 0 unspecified atom stereocenters. The minimum atomic E-state index is -3.81. The van der Waals surface area contributed by atoms with Gasteiger partial charge in [-0.15, -0.1) is 10.2 Å². The van der Waals surface area contributed by atoms with E-state index in [0.29, 0.717) is 18.5 Å².